The summed E-state index contributed by atoms with van der Waals surface area (Å²) in [7, 11) is 0. The van der Waals surface area contributed by atoms with Gasteiger partial charge in [-0.3, -0.25) is 19.0 Å². The minimum atomic E-state index is -0.759. The number of halogens is 2. The predicted octanol–water partition coefficient (Wildman–Crippen LogP) is 3.57. The number of nitrogens with one attached hydrogen (secondary N) is 2. The van der Waals surface area contributed by atoms with Gasteiger partial charge in [-0.25, -0.2) is 8.78 Å². The molecular weight excluding hydrogens is 416 g/mol. The summed E-state index contributed by atoms with van der Waals surface area (Å²) in [5.41, 5.74) is 2.20. The summed E-state index contributed by atoms with van der Waals surface area (Å²) in [6, 6.07) is 12.7. The maximum Gasteiger partial charge on any atom is 0.268 e. The van der Waals surface area contributed by atoms with E-state index in [1.807, 2.05) is 32.0 Å². The second kappa shape index (κ2) is 10.00. The van der Waals surface area contributed by atoms with Crippen LogP contribution in [0.3, 0.4) is 0 Å². The van der Waals surface area contributed by atoms with E-state index in [0.29, 0.717) is 5.69 Å². The van der Waals surface area contributed by atoms with Gasteiger partial charge in [0.1, 0.15) is 23.9 Å². The Kier molecular flexibility index (Phi) is 7.14. The summed E-state index contributed by atoms with van der Waals surface area (Å²) in [6.45, 7) is 3.33. The number of carbonyl (C=O) groups is 2. The van der Waals surface area contributed by atoms with Gasteiger partial charge in [-0.05, 0) is 48.2 Å². The minimum absolute atomic E-state index is 0.0370. The number of hydrogen-bond donors (Lipinski definition) is 2. The number of rotatable bonds is 7. The summed E-state index contributed by atoms with van der Waals surface area (Å²) in [4.78, 5) is 37.8. The zero-order valence-corrected chi connectivity index (χ0v) is 17.7. The molecule has 2 N–H and O–H groups in total. The van der Waals surface area contributed by atoms with Crippen LogP contribution in [0.5, 0.6) is 0 Å². The first-order chi connectivity index (χ1) is 15.3. The largest absolute Gasteiger partial charge is 0.347 e. The second-order valence-electron chi connectivity index (χ2n) is 7.31. The van der Waals surface area contributed by atoms with Crippen molar-refractivity contribution in [3.63, 3.8) is 0 Å². The van der Waals surface area contributed by atoms with E-state index in [4.69, 9.17) is 0 Å². The average molecular weight is 439 g/mol. The van der Waals surface area contributed by atoms with Crippen LogP contribution in [0.1, 0.15) is 34.1 Å². The highest BCUT2D eigenvalue weighted by Crippen LogP contribution is 2.21. The van der Waals surface area contributed by atoms with Crippen LogP contribution >= 0.6 is 0 Å². The van der Waals surface area contributed by atoms with Crippen molar-refractivity contribution in [3.05, 3.63) is 99.0 Å². The van der Waals surface area contributed by atoms with E-state index in [-0.39, 0.29) is 24.3 Å². The molecule has 0 aliphatic carbocycles. The maximum atomic E-state index is 13.4. The molecule has 0 fully saturated rings. The smallest absolute Gasteiger partial charge is 0.268 e. The third kappa shape index (κ3) is 5.46. The molecule has 0 aliphatic heterocycles. The molecule has 0 aliphatic rings. The van der Waals surface area contributed by atoms with Gasteiger partial charge >= 0.3 is 0 Å². The topological polar surface area (TPSA) is 80.2 Å². The highest BCUT2D eigenvalue weighted by Gasteiger charge is 2.16. The molecule has 1 aromatic heterocycles. The van der Waals surface area contributed by atoms with E-state index in [0.717, 1.165) is 40.3 Å². The molecule has 0 atom stereocenters. The summed E-state index contributed by atoms with van der Waals surface area (Å²) >= 11 is 0. The number of carbonyl (C=O) groups excluding carboxylic acids is 2. The molecule has 0 saturated heterocycles. The van der Waals surface area contributed by atoms with Gasteiger partial charge in [0.25, 0.3) is 11.5 Å². The lowest BCUT2D eigenvalue weighted by Crippen LogP contribution is -2.35. The lowest BCUT2D eigenvalue weighted by Gasteiger charge is -2.15. The van der Waals surface area contributed by atoms with Gasteiger partial charge in [0.15, 0.2) is 0 Å². The molecule has 2 aromatic carbocycles. The molecule has 32 heavy (non-hydrogen) atoms. The number of aromatic nitrogens is 1. The van der Waals surface area contributed by atoms with Crippen LogP contribution in [0.25, 0.3) is 0 Å². The van der Waals surface area contributed by atoms with Crippen molar-refractivity contribution in [1.29, 1.82) is 0 Å². The van der Waals surface area contributed by atoms with Crippen LogP contribution in [-0.2, 0) is 24.3 Å². The fourth-order valence-electron chi connectivity index (χ4n) is 3.39. The Labute approximate surface area is 183 Å². The van der Waals surface area contributed by atoms with E-state index in [9.17, 15) is 23.2 Å². The number of aryl methyl sites for hydroxylation is 2. The van der Waals surface area contributed by atoms with Crippen molar-refractivity contribution < 1.29 is 18.4 Å². The molecule has 3 aromatic rings. The molecule has 0 saturated carbocycles. The molecular formula is C24H23F2N3O3. The van der Waals surface area contributed by atoms with Gasteiger partial charge in [0.2, 0.25) is 5.91 Å². The third-order valence-electron chi connectivity index (χ3n) is 4.96. The summed E-state index contributed by atoms with van der Waals surface area (Å²) in [5.74, 6) is -2.62. The number of nitrogens with zero attached hydrogens (tertiary/aromatic N) is 1. The molecule has 2 amide bonds. The highest BCUT2D eigenvalue weighted by molar-refractivity contribution is 5.95. The standard InChI is InChI=1S/C24H23F2N3O3/c1-3-17-7-4-6-15(2)23(17)28-21(30)14-29-20(8-5-9-22(29)31)24(32)27-13-16-10-18(25)12-19(26)11-16/h4-12H,3,13-14H2,1-2H3,(H,27,32)(H,28,30). The van der Waals surface area contributed by atoms with Gasteiger partial charge in [-0.1, -0.05) is 31.2 Å². The number of para-hydroxylation sites is 1. The normalized spacial score (nSPS) is 10.6. The van der Waals surface area contributed by atoms with Crippen LogP contribution in [0.4, 0.5) is 14.5 Å². The Balaban J connectivity index is 1.78. The Morgan fingerprint density at radius 3 is 2.38 bits per heavy atom. The van der Waals surface area contributed by atoms with Gasteiger partial charge in [-0.2, -0.15) is 0 Å². The Morgan fingerprint density at radius 1 is 1.00 bits per heavy atom. The van der Waals surface area contributed by atoms with Gasteiger partial charge < -0.3 is 10.6 Å². The molecule has 1 heterocycles. The van der Waals surface area contributed by atoms with Crippen LogP contribution in [-0.4, -0.2) is 16.4 Å². The Bertz CT molecular complexity index is 1200. The van der Waals surface area contributed by atoms with E-state index >= 15 is 0 Å². The fraction of sp³-hybridized carbons (Fsp3) is 0.208. The van der Waals surface area contributed by atoms with Gasteiger partial charge in [-0.15, -0.1) is 0 Å². The van der Waals surface area contributed by atoms with Crippen LogP contribution in [0.15, 0.2) is 59.4 Å². The lowest BCUT2D eigenvalue weighted by atomic mass is 10.1. The first kappa shape index (κ1) is 22.9. The van der Waals surface area contributed by atoms with Gasteiger partial charge in [0.05, 0.1) is 0 Å². The number of benzene rings is 2. The van der Waals surface area contributed by atoms with Crippen LogP contribution in [0.2, 0.25) is 0 Å². The molecule has 3 rings (SSSR count). The van der Waals surface area contributed by atoms with Crippen molar-refractivity contribution in [2.75, 3.05) is 5.32 Å². The number of hydrogen-bond acceptors (Lipinski definition) is 3. The quantitative estimate of drug-likeness (QED) is 0.591. The summed E-state index contributed by atoms with van der Waals surface area (Å²) < 4.78 is 27.8. The number of amides is 2. The predicted molar refractivity (Wildman–Crippen MR) is 117 cm³/mol. The maximum absolute atomic E-state index is 13.4. The molecule has 0 radical (unpaired) electrons. The molecule has 6 nitrogen and oxygen atoms in total. The van der Waals surface area contributed by atoms with E-state index < -0.39 is 29.0 Å². The molecule has 0 unspecified atom stereocenters. The minimum Gasteiger partial charge on any atom is -0.347 e. The molecule has 8 heteroatoms. The van der Waals surface area contributed by atoms with Crippen molar-refractivity contribution in [2.24, 2.45) is 0 Å². The lowest BCUT2D eigenvalue weighted by molar-refractivity contribution is -0.116. The van der Waals surface area contributed by atoms with Gasteiger partial charge in [0, 0.05) is 24.4 Å². The fourth-order valence-corrected chi connectivity index (χ4v) is 3.39. The van der Waals surface area contributed by atoms with Crippen LogP contribution in [0, 0.1) is 18.6 Å². The van der Waals surface area contributed by atoms with Crippen molar-refractivity contribution in [3.8, 4) is 0 Å². The highest BCUT2D eigenvalue weighted by atomic mass is 19.1. The molecule has 0 bridgehead atoms. The summed E-state index contributed by atoms with van der Waals surface area (Å²) in [6.07, 6.45) is 0.719. The SMILES string of the molecule is CCc1cccc(C)c1NC(=O)Cn1c(C(=O)NCc2cc(F)cc(F)c2)cccc1=O. The monoisotopic (exact) mass is 439 g/mol. The number of anilines is 1. The van der Waals surface area contributed by atoms with Crippen molar-refractivity contribution in [1.82, 2.24) is 9.88 Å². The second-order valence-corrected chi connectivity index (χ2v) is 7.31. The molecule has 0 spiro atoms. The van der Waals surface area contributed by atoms with Crippen molar-refractivity contribution in [2.45, 2.75) is 33.4 Å². The van der Waals surface area contributed by atoms with E-state index in [2.05, 4.69) is 10.6 Å². The zero-order chi connectivity index (χ0) is 23.3. The Hall–Kier alpha value is -3.81. The van der Waals surface area contributed by atoms with Crippen LogP contribution < -0.4 is 16.2 Å². The average Bonchev–Trinajstić information content (AvgIpc) is 2.74. The third-order valence-corrected chi connectivity index (χ3v) is 4.96. The van der Waals surface area contributed by atoms with Crippen molar-refractivity contribution >= 4 is 17.5 Å². The Morgan fingerprint density at radius 2 is 1.69 bits per heavy atom. The number of pyridine rings is 1. The molecule has 166 valence electrons. The zero-order valence-electron chi connectivity index (χ0n) is 17.7. The first-order valence-electron chi connectivity index (χ1n) is 10.1. The van der Waals surface area contributed by atoms with E-state index in [1.165, 1.54) is 18.2 Å². The first-order valence-corrected chi connectivity index (χ1v) is 10.1. The summed E-state index contributed by atoms with van der Waals surface area (Å²) in [5, 5.41) is 5.35. The van der Waals surface area contributed by atoms with E-state index in [1.54, 1.807) is 0 Å².